The van der Waals surface area contributed by atoms with E-state index in [1.54, 1.807) is 0 Å². The molecule has 1 aliphatic carbocycles. The van der Waals surface area contributed by atoms with Gasteiger partial charge in [0.15, 0.2) is 0 Å². The van der Waals surface area contributed by atoms with Gasteiger partial charge in [0.2, 0.25) is 53.2 Å². The highest BCUT2D eigenvalue weighted by atomic mass is 32.2. The molecular weight excluding hydrogens is 1440 g/mol. The lowest BCUT2D eigenvalue weighted by Crippen LogP contribution is -2.59. The number of hydrogen-bond donors (Lipinski definition) is 28. The first-order chi connectivity index (χ1) is 50.6. The molecule has 0 unspecified atom stereocenters. The molecule has 1 aliphatic rings. The Kier molecular flexibility index (Phi) is 41.9. The molecule has 0 bridgehead atoms. The van der Waals surface area contributed by atoms with Crippen molar-refractivity contribution < 1.29 is 149 Å². The molecular formula is C66H102N10O30S. The number of carbonyl (C=O) groups is 12. The van der Waals surface area contributed by atoms with Crippen LogP contribution in [0.2, 0.25) is 0 Å². The van der Waals surface area contributed by atoms with Gasteiger partial charge in [0.05, 0.1) is 38.1 Å². The maximum atomic E-state index is 14.7. The summed E-state index contributed by atoms with van der Waals surface area (Å²) in [7, 11) is 0. The first-order valence-electron chi connectivity index (χ1n) is 34.3. The van der Waals surface area contributed by atoms with Crippen molar-refractivity contribution in [3.8, 4) is 11.1 Å². The Morgan fingerprint density at radius 1 is 0.364 bits per heavy atom. The van der Waals surface area contributed by atoms with Gasteiger partial charge < -0.3 is 146 Å². The maximum absolute atomic E-state index is 14.7. The van der Waals surface area contributed by atoms with E-state index in [1.165, 1.54) is 11.8 Å². The second-order valence-corrected chi connectivity index (χ2v) is 26.5. The highest BCUT2D eigenvalue weighted by Crippen LogP contribution is 2.45. The normalized spacial score (nSPS) is 17.0. The molecule has 40 nitrogen and oxygen atoms in total. The predicted octanol–water partition coefficient (Wildman–Crippen LogP) is -10.2. The van der Waals surface area contributed by atoms with Crippen LogP contribution in [0.1, 0.15) is 107 Å². The molecule has 41 heteroatoms. The molecule has 9 amide bonds. The zero-order valence-electron chi connectivity index (χ0n) is 58.3. The number of carbonyl (C=O) groups excluding carboxylic acids is 9. The lowest BCUT2D eigenvalue weighted by atomic mass is 9.99. The number of hydrogen-bond acceptors (Lipinski definition) is 29. The van der Waals surface area contributed by atoms with E-state index in [-0.39, 0.29) is 43.9 Å². The van der Waals surface area contributed by atoms with E-state index in [0.717, 1.165) is 22.3 Å². The first-order valence-corrected chi connectivity index (χ1v) is 35.5. The first kappa shape index (κ1) is 93.0. The summed E-state index contributed by atoms with van der Waals surface area (Å²) in [6, 6.07) is 3.84. The van der Waals surface area contributed by atoms with Gasteiger partial charge in [-0.15, -0.1) is 0 Å². The molecule has 602 valence electrons. The number of carboxylic acid groups (broad SMARTS) is 3. The smallest absolute Gasteiger partial charge is 0.326 e. The molecule has 0 saturated heterocycles. The third-order valence-corrected chi connectivity index (χ3v) is 18.3. The Labute approximate surface area is 617 Å². The van der Waals surface area contributed by atoms with Gasteiger partial charge >= 0.3 is 17.9 Å². The van der Waals surface area contributed by atoms with Crippen molar-refractivity contribution in [1.29, 1.82) is 0 Å². The van der Waals surface area contributed by atoms with Crippen LogP contribution in [0, 0.1) is 0 Å². The number of fused-ring (bicyclic) bond motifs is 3. The van der Waals surface area contributed by atoms with E-state index >= 15 is 0 Å². The molecule has 0 heterocycles. The number of benzene rings is 2. The Balaban J connectivity index is 2.06. The van der Waals surface area contributed by atoms with Crippen molar-refractivity contribution in [3.05, 3.63) is 59.7 Å². The summed E-state index contributed by atoms with van der Waals surface area (Å²) in [6.07, 6.45) is -32.8. The predicted molar refractivity (Wildman–Crippen MR) is 372 cm³/mol. The average molecular weight is 1550 g/mol. The minimum atomic E-state index is -2.19. The van der Waals surface area contributed by atoms with E-state index in [4.69, 9.17) is 10.8 Å². The van der Waals surface area contributed by atoms with Crippen molar-refractivity contribution >= 4 is 82.8 Å². The van der Waals surface area contributed by atoms with E-state index in [9.17, 15) is 144 Å². The molecule has 2 aromatic carbocycles. The number of aliphatic hydroxyl groups excluding tert-OH is 15. The van der Waals surface area contributed by atoms with E-state index in [0.29, 0.717) is 5.75 Å². The van der Waals surface area contributed by atoms with Crippen LogP contribution in [0.15, 0.2) is 48.5 Å². The largest absolute Gasteiger partial charge is 0.481 e. The number of nitrogens with one attached hydrogen (secondary N) is 9. The quantitative estimate of drug-likeness (QED) is 0.0274. The van der Waals surface area contributed by atoms with E-state index in [2.05, 4.69) is 47.9 Å². The zero-order chi connectivity index (χ0) is 80.2. The Morgan fingerprint density at radius 2 is 0.664 bits per heavy atom. The number of rotatable bonds is 54. The minimum absolute atomic E-state index is 0.0618. The van der Waals surface area contributed by atoms with E-state index in [1.807, 2.05) is 48.5 Å². The Bertz CT molecular complexity index is 3170. The molecule has 18 atom stereocenters. The summed E-state index contributed by atoms with van der Waals surface area (Å²) < 4.78 is 0. The fraction of sp³-hybridized carbons (Fsp3) is 0.636. The van der Waals surface area contributed by atoms with Crippen molar-refractivity contribution in [3.63, 3.8) is 0 Å². The van der Waals surface area contributed by atoms with Crippen LogP contribution in [-0.2, 0) is 57.5 Å². The molecule has 2 aromatic rings. The van der Waals surface area contributed by atoms with Gasteiger partial charge in [-0.05, 0) is 80.2 Å². The van der Waals surface area contributed by atoms with Gasteiger partial charge in [0, 0.05) is 75.6 Å². The van der Waals surface area contributed by atoms with Crippen LogP contribution >= 0.6 is 11.8 Å². The second-order valence-electron chi connectivity index (χ2n) is 25.4. The van der Waals surface area contributed by atoms with Crippen molar-refractivity contribution in [2.24, 2.45) is 5.73 Å². The van der Waals surface area contributed by atoms with Crippen molar-refractivity contribution in [2.45, 2.75) is 205 Å². The third-order valence-electron chi connectivity index (χ3n) is 17.2. The lowest BCUT2D eigenvalue weighted by Gasteiger charge is -2.28. The second kappa shape index (κ2) is 48.3. The Hall–Kier alpha value is -8.21. The standard InChI is InChI=1S/C66H102N10O30S/c67-23-6-5-11-42(66(105)106)76-65(104)39(14-19-51(88)70-27-45(82)57(96)60(99)48(85)30-79)73-64(103)41(16-21-54(92)93)75-62(101)38(13-18-50(87)69-26-44(81)56(95)59(98)47(84)29-78)72-63(102)40(15-20-53(90)91)74-61(100)37(12-17-49(86)68-25-43(80)55(94)58(97)46(83)28-77)71-52(89)22-24-107-31-36-34-9-3-1-7-32(34)33-8-2-4-10-35(33)36/h1-4,7-10,36-48,55-60,77-85,94-99H,5-6,11-31,67H2,(H,68,86)(H,69,87)(H,70,88)(H,71,89)(H,72,102)(H,73,103)(H,74,100)(H,75,101)(H,76,104)(H,90,91)(H,92,93)(H,105,106)/t37-,38-,39-,40-,41-,42-,43-,44-,45-,46+,47+,48+,55+,56+,57+,58+,59+,60+/m0/s1. The van der Waals surface area contributed by atoms with Gasteiger partial charge in [-0.3, -0.25) is 52.7 Å². The fourth-order valence-electron chi connectivity index (χ4n) is 10.9. The molecule has 0 radical (unpaired) electrons. The number of carboxylic acids is 3. The summed E-state index contributed by atoms with van der Waals surface area (Å²) in [5.74, 6) is -14.9. The molecule has 107 heavy (non-hydrogen) atoms. The number of aliphatic hydroxyl groups is 15. The molecule has 0 aromatic heterocycles. The number of thioether (sulfide) groups is 1. The lowest BCUT2D eigenvalue weighted by molar-refractivity contribution is -0.142. The number of amides is 9. The Morgan fingerprint density at radius 3 is 0.972 bits per heavy atom. The maximum Gasteiger partial charge on any atom is 0.326 e. The van der Waals surface area contributed by atoms with Crippen molar-refractivity contribution in [2.75, 3.05) is 57.5 Å². The monoisotopic (exact) mass is 1550 g/mol. The average Bonchev–Trinajstić information content (AvgIpc) is 1.62. The zero-order valence-corrected chi connectivity index (χ0v) is 59.1. The van der Waals surface area contributed by atoms with Gasteiger partial charge in [-0.2, -0.15) is 11.8 Å². The number of unbranched alkanes of at least 4 members (excludes halogenated alkanes) is 1. The summed E-state index contributed by atoms with van der Waals surface area (Å²) >= 11 is 1.39. The van der Waals surface area contributed by atoms with Gasteiger partial charge in [0.25, 0.3) is 0 Å². The molecule has 29 N–H and O–H groups in total. The highest BCUT2D eigenvalue weighted by Gasteiger charge is 2.38. The topological polar surface area (TPSA) is 703 Å². The molecule has 0 aliphatic heterocycles. The van der Waals surface area contributed by atoms with Crippen LogP contribution in [-0.4, -0.2) is 330 Å². The van der Waals surface area contributed by atoms with E-state index < -0.39 is 284 Å². The van der Waals surface area contributed by atoms with Gasteiger partial charge in [-0.25, -0.2) is 4.79 Å². The van der Waals surface area contributed by atoms with Crippen LogP contribution < -0.4 is 53.6 Å². The number of nitrogens with two attached hydrogens (primary N) is 1. The van der Waals surface area contributed by atoms with Gasteiger partial charge in [-0.1, -0.05) is 48.5 Å². The van der Waals surface area contributed by atoms with Crippen LogP contribution in [0.5, 0.6) is 0 Å². The molecule has 0 spiro atoms. The van der Waals surface area contributed by atoms with Crippen molar-refractivity contribution in [1.82, 2.24) is 47.9 Å². The third kappa shape index (κ3) is 31.9. The molecule has 0 saturated carbocycles. The minimum Gasteiger partial charge on any atom is -0.481 e. The fourth-order valence-corrected chi connectivity index (χ4v) is 12.0. The number of aliphatic carboxylic acids is 3. The van der Waals surface area contributed by atoms with Crippen LogP contribution in [0.3, 0.4) is 0 Å². The summed E-state index contributed by atoms with van der Waals surface area (Å²) in [5, 5.41) is 199. The van der Waals surface area contributed by atoms with Crippen LogP contribution in [0.4, 0.5) is 0 Å². The SMILES string of the molecule is NCCCC[C@H](NC(=O)[C@H](CCC(=O)NC[C@H](O)[C@@H](O)[C@H](O)[C@H](O)CO)NC(=O)[C@H](CCC(=O)O)NC(=O)[C@H](CCC(=O)NC[C@H](O)[C@@H](O)[C@H](O)[C@H](O)CO)NC(=O)[C@H](CCC(=O)O)NC(=O)[C@H](CCC(=O)NC[C@H](O)[C@@H](O)[C@H](O)[C@H](O)CO)NC(=O)CCSCC1c2ccccc2-c2ccccc21)C(=O)O. The highest BCUT2D eigenvalue weighted by molar-refractivity contribution is 7.99. The molecule has 0 fully saturated rings. The molecule has 3 rings (SSSR count). The summed E-state index contributed by atoms with van der Waals surface area (Å²) in [4.78, 5) is 162. The van der Waals surface area contributed by atoms with Gasteiger partial charge in [0.1, 0.15) is 91.2 Å². The summed E-state index contributed by atoms with van der Waals surface area (Å²) in [5.41, 5.74) is 9.74. The van der Waals surface area contributed by atoms with Crippen LogP contribution in [0.25, 0.3) is 11.1 Å². The summed E-state index contributed by atoms with van der Waals surface area (Å²) in [6.45, 7) is -5.52.